The lowest BCUT2D eigenvalue weighted by atomic mass is 10.0. The second-order valence-electron chi connectivity index (χ2n) is 4.61. The fourth-order valence-electron chi connectivity index (χ4n) is 1.13. The summed E-state index contributed by atoms with van der Waals surface area (Å²) in [5, 5.41) is 0. The molecule has 0 saturated carbocycles. The van der Waals surface area contributed by atoms with E-state index >= 15 is 0 Å². The Morgan fingerprint density at radius 3 is 1.61 bits per heavy atom. The molecule has 0 N–H and O–H groups in total. The highest BCUT2D eigenvalue weighted by molar-refractivity contribution is 4.97. The Bertz CT molecular complexity index is 286. The first-order chi connectivity index (χ1) is 7.71. The summed E-state index contributed by atoms with van der Waals surface area (Å²) in [7, 11) is 2.20. The molecule has 0 radical (unpaired) electrons. The van der Waals surface area contributed by atoms with Gasteiger partial charge in [-0.2, -0.15) is 26.3 Å². The quantitative estimate of drug-likeness (QED) is 0.520. The maximum Gasteiger partial charge on any atom is 0.383 e. The van der Waals surface area contributed by atoms with Crippen LogP contribution in [0, 0.1) is 0 Å². The van der Waals surface area contributed by atoms with Gasteiger partial charge < -0.3 is 4.48 Å². The van der Waals surface area contributed by atoms with Crippen LogP contribution in [0.2, 0.25) is 0 Å². The molecular weight excluding hydrogens is 274 g/mol. The van der Waals surface area contributed by atoms with Crippen LogP contribution in [0.5, 0.6) is 0 Å². The predicted octanol–water partition coefficient (Wildman–Crippen LogP) is 3.25. The van der Waals surface area contributed by atoms with Gasteiger partial charge in [-0.25, -0.2) is 8.78 Å². The maximum atomic E-state index is 13.2. The van der Waals surface area contributed by atoms with Crippen LogP contribution >= 0.6 is 0 Å². The van der Waals surface area contributed by atoms with Gasteiger partial charge >= 0.3 is 24.2 Å². The van der Waals surface area contributed by atoms with Crippen LogP contribution in [-0.4, -0.2) is 55.9 Å². The minimum atomic E-state index is -6.11. The van der Waals surface area contributed by atoms with Gasteiger partial charge in [0.2, 0.25) is 0 Å². The number of rotatable bonds is 6. The Morgan fingerprint density at radius 2 is 1.33 bits per heavy atom. The molecule has 0 spiro atoms. The smallest absolute Gasteiger partial charge is 0.324 e. The lowest BCUT2D eigenvalue weighted by Crippen LogP contribution is -2.63. The highest BCUT2D eigenvalue weighted by Gasteiger charge is 2.76. The maximum absolute atomic E-state index is 13.2. The Morgan fingerprint density at radius 1 is 0.944 bits per heavy atom. The largest absolute Gasteiger partial charge is 0.383 e. The SMILES string of the molecule is CC[N+](C)(C)CC(F)(F)C(F)(F)C(F)(F)C(F)F. The molecule has 0 rings (SSSR count). The number of alkyl halides is 8. The van der Waals surface area contributed by atoms with Gasteiger partial charge in [-0.15, -0.1) is 0 Å². The first-order valence-corrected chi connectivity index (χ1v) is 4.95. The van der Waals surface area contributed by atoms with E-state index in [0.717, 1.165) is 14.1 Å². The van der Waals surface area contributed by atoms with Gasteiger partial charge in [-0.05, 0) is 6.92 Å². The summed E-state index contributed by atoms with van der Waals surface area (Å²) in [6.07, 6.45) is -4.87. The van der Waals surface area contributed by atoms with Crippen molar-refractivity contribution in [2.75, 3.05) is 27.2 Å². The Hall–Kier alpha value is -0.600. The van der Waals surface area contributed by atoms with E-state index in [1.54, 1.807) is 0 Å². The van der Waals surface area contributed by atoms with Crippen molar-refractivity contribution >= 4 is 0 Å². The number of hydrogen-bond acceptors (Lipinski definition) is 0. The summed E-state index contributed by atoms with van der Waals surface area (Å²) in [6, 6.07) is 0. The zero-order valence-corrected chi connectivity index (χ0v) is 9.96. The summed E-state index contributed by atoms with van der Waals surface area (Å²) < 4.78 is 100. The molecule has 110 valence electrons. The van der Waals surface area contributed by atoms with Gasteiger partial charge in [0.05, 0.1) is 20.6 Å². The normalized spacial score (nSPS) is 15.3. The van der Waals surface area contributed by atoms with Gasteiger partial charge in [0, 0.05) is 0 Å². The standard InChI is InChI=1S/C9H14F8N/c1-4-18(2,3)5-7(12,13)9(16,17)8(14,15)6(10)11/h6H,4-5H2,1-3H3/q+1. The fraction of sp³-hybridized carbons (Fsp3) is 1.00. The van der Waals surface area contributed by atoms with Crippen molar-refractivity contribution in [1.82, 2.24) is 0 Å². The average Bonchev–Trinajstić information content (AvgIpc) is 2.15. The number of nitrogens with zero attached hydrogens (tertiary/aromatic N) is 1. The van der Waals surface area contributed by atoms with Crippen LogP contribution in [0.15, 0.2) is 0 Å². The molecular formula is C9H14F8N+. The molecule has 0 aromatic rings. The van der Waals surface area contributed by atoms with E-state index in [-0.39, 0.29) is 6.54 Å². The minimum Gasteiger partial charge on any atom is -0.324 e. The van der Waals surface area contributed by atoms with E-state index in [2.05, 4.69) is 0 Å². The van der Waals surface area contributed by atoms with Crippen LogP contribution in [-0.2, 0) is 0 Å². The van der Waals surface area contributed by atoms with Crippen LogP contribution in [0.25, 0.3) is 0 Å². The van der Waals surface area contributed by atoms with Crippen molar-refractivity contribution in [2.45, 2.75) is 31.1 Å². The molecule has 9 heteroatoms. The third-order valence-electron chi connectivity index (χ3n) is 2.63. The van der Waals surface area contributed by atoms with Crippen LogP contribution < -0.4 is 0 Å². The first kappa shape index (κ1) is 17.4. The van der Waals surface area contributed by atoms with Crippen molar-refractivity contribution < 1.29 is 39.6 Å². The highest BCUT2D eigenvalue weighted by atomic mass is 19.4. The monoisotopic (exact) mass is 288 g/mol. The minimum absolute atomic E-state index is 0.0497. The van der Waals surface area contributed by atoms with Gasteiger partial charge in [0.15, 0.2) is 0 Å². The highest BCUT2D eigenvalue weighted by Crippen LogP contribution is 2.49. The molecule has 0 aromatic heterocycles. The van der Waals surface area contributed by atoms with Crippen LogP contribution in [0.4, 0.5) is 35.1 Å². The zero-order valence-electron chi connectivity index (χ0n) is 9.96. The Labute approximate surface area is 99.0 Å². The molecule has 0 fully saturated rings. The van der Waals surface area contributed by atoms with Crippen molar-refractivity contribution in [3.05, 3.63) is 0 Å². The van der Waals surface area contributed by atoms with Crippen LogP contribution in [0.3, 0.4) is 0 Å². The average molecular weight is 288 g/mol. The molecule has 0 unspecified atom stereocenters. The molecule has 0 aliphatic carbocycles. The van der Waals surface area contributed by atoms with Crippen LogP contribution in [0.1, 0.15) is 6.92 Å². The number of hydrogen-bond donors (Lipinski definition) is 0. The molecule has 0 bridgehead atoms. The fourth-order valence-corrected chi connectivity index (χ4v) is 1.13. The third-order valence-corrected chi connectivity index (χ3v) is 2.63. The molecule has 0 atom stereocenters. The predicted molar refractivity (Wildman–Crippen MR) is 48.4 cm³/mol. The second-order valence-corrected chi connectivity index (χ2v) is 4.61. The van der Waals surface area contributed by atoms with Gasteiger partial charge in [0.1, 0.15) is 6.54 Å². The molecule has 18 heavy (non-hydrogen) atoms. The first-order valence-electron chi connectivity index (χ1n) is 4.95. The van der Waals surface area contributed by atoms with E-state index < -0.39 is 35.2 Å². The van der Waals surface area contributed by atoms with E-state index in [9.17, 15) is 35.1 Å². The van der Waals surface area contributed by atoms with E-state index in [1.165, 1.54) is 6.92 Å². The summed E-state index contributed by atoms with van der Waals surface area (Å²) in [4.78, 5) is 0. The lowest BCUT2D eigenvalue weighted by molar-refractivity contribution is -0.898. The molecule has 1 nitrogen and oxygen atoms in total. The van der Waals surface area contributed by atoms with Crippen molar-refractivity contribution in [2.24, 2.45) is 0 Å². The van der Waals surface area contributed by atoms with Crippen molar-refractivity contribution in [3.63, 3.8) is 0 Å². The number of quaternary nitrogens is 1. The van der Waals surface area contributed by atoms with Gasteiger partial charge in [-0.3, -0.25) is 0 Å². The topological polar surface area (TPSA) is 0 Å². The molecule has 0 amide bonds. The van der Waals surface area contributed by atoms with Crippen molar-refractivity contribution in [3.8, 4) is 0 Å². The molecule has 0 heterocycles. The Balaban J connectivity index is 5.33. The Kier molecular flexibility index (Phi) is 4.66. The zero-order chi connectivity index (χ0) is 15.0. The van der Waals surface area contributed by atoms with Gasteiger partial charge in [-0.1, -0.05) is 0 Å². The molecule has 0 aromatic carbocycles. The van der Waals surface area contributed by atoms with E-state index in [4.69, 9.17) is 0 Å². The molecule has 0 aliphatic heterocycles. The second kappa shape index (κ2) is 4.82. The lowest BCUT2D eigenvalue weighted by Gasteiger charge is -2.37. The van der Waals surface area contributed by atoms with E-state index in [0.29, 0.717) is 0 Å². The molecule has 0 saturated heterocycles. The summed E-state index contributed by atoms with van der Waals surface area (Å²) in [6.45, 7) is -0.343. The number of halogens is 8. The summed E-state index contributed by atoms with van der Waals surface area (Å²) in [5.74, 6) is -17.4. The van der Waals surface area contributed by atoms with Gasteiger partial charge in [0.25, 0.3) is 0 Å². The molecule has 0 aliphatic rings. The van der Waals surface area contributed by atoms with Crippen molar-refractivity contribution in [1.29, 1.82) is 0 Å². The third kappa shape index (κ3) is 3.04. The summed E-state index contributed by atoms with van der Waals surface area (Å²) in [5.41, 5.74) is 0. The van der Waals surface area contributed by atoms with E-state index in [1.807, 2.05) is 0 Å². The summed E-state index contributed by atoms with van der Waals surface area (Å²) >= 11 is 0.